The molecule has 0 saturated heterocycles. The van der Waals surface area contributed by atoms with Crippen LogP contribution in [-0.4, -0.2) is 24.1 Å². The molecule has 0 aliphatic heterocycles. The van der Waals surface area contributed by atoms with Crippen molar-refractivity contribution in [3.8, 4) is 0 Å². The first-order valence-electron chi connectivity index (χ1n) is 7.57. The Morgan fingerprint density at radius 2 is 1.83 bits per heavy atom. The number of sulfone groups is 1. The highest BCUT2D eigenvalue weighted by Crippen LogP contribution is 2.28. The Bertz CT molecular complexity index is 859. The van der Waals surface area contributed by atoms with Crippen LogP contribution in [-0.2, 0) is 9.84 Å². The van der Waals surface area contributed by atoms with E-state index in [-0.39, 0.29) is 16.5 Å². The lowest BCUT2D eigenvalue weighted by molar-refractivity contribution is 0.461. The summed E-state index contributed by atoms with van der Waals surface area (Å²) in [4.78, 5) is 8.38. The van der Waals surface area contributed by atoms with Crippen LogP contribution < -0.4 is 5.32 Å². The van der Waals surface area contributed by atoms with E-state index in [0.29, 0.717) is 16.4 Å². The van der Waals surface area contributed by atoms with E-state index in [0.717, 1.165) is 11.1 Å². The van der Waals surface area contributed by atoms with Crippen LogP contribution in [0.15, 0.2) is 29.3 Å². The fourth-order valence-corrected chi connectivity index (χ4v) is 4.64. The molecule has 0 unspecified atom stereocenters. The Labute approximate surface area is 148 Å². The second-order valence-corrected chi connectivity index (χ2v) is 9.39. The normalized spacial score (nSPS) is 12.2. The van der Waals surface area contributed by atoms with E-state index < -0.39 is 9.84 Å². The molecule has 0 amide bonds. The van der Waals surface area contributed by atoms with Gasteiger partial charge in [-0.3, -0.25) is 0 Å². The second kappa shape index (κ2) is 6.69. The summed E-state index contributed by atoms with van der Waals surface area (Å²) in [5.41, 5.74) is 1.87. The fourth-order valence-electron chi connectivity index (χ4n) is 2.34. The highest BCUT2D eigenvalue weighted by atomic mass is 35.5. The summed E-state index contributed by atoms with van der Waals surface area (Å²) in [5, 5.41) is 3.25. The highest BCUT2D eigenvalue weighted by Gasteiger charge is 2.25. The average molecular weight is 368 g/mol. The second-order valence-electron chi connectivity index (χ2n) is 7.10. The zero-order valence-corrected chi connectivity index (χ0v) is 16.1. The SMILES string of the molecule is Cc1ccc(Nc2nc(Cl)ncc2C)cc1S(=O)(=O)CC(C)(C)C. The van der Waals surface area contributed by atoms with Gasteiger partial charge in [0, 0.05) is 17.4 Å². The number of halogens is 1. The third-order valence-electron chi connectivity index (χ3n) is 3.35. The Morgan fingerprint density at radius 1 is 1.17 bits per heavy atom. The van der Waals surface area contributed by atoms with Crippen LogP contribution in [0.4, 0.5) is 11.5 Å². The topological polar surface area (TPSA) is 72.0 Å². The summed E-state index contributed by atoms with van der Waals surface area (Å²) in [7, 11) is -3.38. The predicted octanol–water partition coefficient (Wildman–Crippen LogP) is 4.31. The molecule has 0 atom stereocenters. The van der Waals surface area contributed by atoms with Crippen LogP contribution in [0.2, 0.25) is 5.28 Å². The van der Waals surface area contributed by atoms with E-state index in [2.05, 4.69) is 15.3 Å². The van der Waals surface area contributed by atoms with Crippen molar-refractivity contribution >= 4 is 32.9 Å². The summed E-state index contributed by atoms with van der Waals surface area (Å²) in [5.74, 6) is 0.640. The molecule has 24 heavy (non-hydrogen) atoms. The van der Waals surface area contributed by atoms with Crippen LogP contribution in [0.5, 0.6) is 0 Å². The number of anilines is 2. The van der Waals surface area contributed by atoms with E-state index in [1.165, 1.54) is 0 Å². The molecule has 0 fully saturated rings. The molecule has 0 aliphatic carbocycles. The lowest BCUT2D eigenvalue weighted by Gasteiger charge is -2.19. The number of aromatic nitrogens is 2. The molecule has 1 aromatic heterocycles. The number of aryl methyl sites for hydroxylation is 2. The van der Waals surface area contributed by atoms with Crippen LogP contribution >= 0.6 is 11.6 Å². The number of benzene rings is 1. The average Bonchev–Trinajstić information content (AvgIpc) is 2.42. The molecule has 130 valence electrons. The van der Waals surface area contributed by atoms with Crippen LogP contribution in [0.3, 0.4) is 0 Å². The minimum absolute atomic E-state index is 0.0860. The van der Waals surface area contributed by atoms with Crippen molar-refractivity contribution in [3.05, 3.63) is 40.8 Å². The largest absolute Gasteiger partial charge is 0.340 e. The van der Waals surface area contributed by atoms with Gasteiger partial charge in [0.15, 0.2) is 9.84 Å². The van der Waals surface area contributed by atoms with Gasteiger partial charge in [-0.2, -0.15) is 0 Å². The smallest absolute Gasteiger partial charge is 0.224 e. The predicted molar refractivity (Wildman–Crippen MR) is 97.7 cm³/mol. The molecule has 0 aliphatic rings. The summed E-state index contributed by atoms with van der Waals surface area (Å²) >= 11 is 5.83. The maximum atomic E-state index is 12.7. The van der Waals surface area contributed by atoms with Gasteiger partial charge in [0.05, 0.1) is 10.6 Å². The summed E-state index contributed by atoms with van der Waals surface area (Å²) < 4.78 is 25.4. The molecule has 2 aromatic rings. The van der Waals surface area contributed by atoms with Gasteiger partial charge in [0.1, 0.15) is 5.82 Å². The third kappa shape index (κ3) is 4.68. The van der Waals surface area contributed by atoms with E-state index in [1.807, 2.05) is 33.8 Å². The summed E-state index contributed by atoms with van der Waals surface area (Å²) in [6.07, 6.45) is 1.61. The molecule has 0 radical (unpaired) electrons. The van der Waals surface area contributed by atoms with Crippen LogP contribution in [0.25, 0.3) is 0 Å². The Kier molecular flexibility index (Phi) is 5.20. The molecule has 7 heteroatoms. The van der Waals surface area contributed by atoms with Crippen molar-refractivity contribution in [2.24, 2.45) is 5.41 Å². The zero-order valence-electron chi connectivity index (χ0n) is 14.5. The molecule has 5 nitrogen and oxygen atoms in total. The number of nitrogens with one attached hydrogen (secondary N) is 1. The maximum Gasteiger partial charge on any atom is 0.224 e. The first-order chi connectivity index (χ1) is 11.0. The van der Waals surface area contributed by atoms with E-state index in [1.54, 1.807) is 25.3 Å². The summed E-state index contributed by atoms with van der Waals surface area (Å²) in [6, 6.07) is 5.25. The molecule has 1 aromatic carbocycles. The van der Waals surface area contributed by atoms with Gasteiger partial charge >= 0.3 is 0 Å². The van der Waals surface area contributed by atoms with Gasteiger partial charge in [0.2, 0.25) is 5.28 Å². The van der Waals surface area contributed by atoms with Crippen molar-refractivity contribution in [1.29, 1.82) is 0 Å². The zero-order chi connectivity index (χ0) is 18.1. The van der Waals surface area contributed by atoms with Crippen molar-refractivity contribution in [2.45, 2.75) is 39.5 Å². The maximum absolute atomic E-state index is 12.7. The molecule has 1 N–H and O–H groups in total. The van der Waals surface area contributed by atoms with E-state index >= 15 is 0 Å². The molecular weight excluding hydrogens is 346 g/mol. The number of hydrogen-bond donors (Lipinski definition) is 1. The van der Waals surface area contributed by atoms with E-state index in [9.17, 15) is 8.42 Å². The lowest BCUT2D eigenvalue weighted by atomic mass is 10.0. The van der Waals surface area contributed by atoms with Crippen molar-refractivity contribution in [3.63, 3.8) is 0 Å². The van der Waals surface area contributed by atoms with Crippen molar-refractivity contribution < 1.29 is 8.42 Å². The number of nitrogens with zero attached hydrogens (tertiary/aromatic N) is 2. The molecule has 0 spiro atoms. The first-order valence-corrected chi connectivity index (χ1v) is 9.60. The van der Waals surface area contributed by atoms with Crippen LogP contribution in [0.1, 0.15) is 31.9 Å². The molecule has 0 bridgehead atoms. The summed E-state index contributed by atoms with van der Waals surface area (Å²) in [6.45, 7) is 9.38. The molecule has 0 saturated carbocycles. The Balaban J connectivity index is 2.40. The number of rotatable bonds is 4. The molecular formula is C17H22ClN3O2S. The monoisotopic (exact) mass is 367 g/mol. The van der Waals surface area contributed by atoms with Crippen molar-refractivity contribution in [1.82, 2.24) is 9.97 Å². The lowest BCUT2D eigenvalue weighted by Crippen LogP contribution is -2.21. The van der Waals surface area contributed by atoms with Gasteiger partial charge in [-0.1, -0.05) is 26.8 Å². The Morgan fingerprint density at radius 3 is 2.46 bits per heavy atom. The number of hydrogen-bond acceptors (Lipinski definition) is 5. The quantitative estimate of drug-likeness (QED) is 0.815. The van der Waals surface area contributed by atoms with E-state index in [4.69, 9.17) is 11.6 Å². The van der Waals surface area contributed by atoms with Gasteiger partial charge in [-0.05, 0) is 48.6 Å². The van der Waals surface area contributed by atoms with Gasteiger partial charge in [0.25, 0.3) is 0 Å². The van der Waals surface area contributed by atoms with Gasteiger partial charge in [-0.15, -0.1) is 0 Å². The minimum atomic E-state index is -3.38. The first kappa shape index (κ1) is 18.7. The highest BCUT2D eigenvalue weighted by molar-refractivity contribution is 7.91. The standard InChI is InChI=1S/C17H22ClN3O2S/c1-11-6-7-13(20-15-12(2)9-19-16(18)21-15)8-14(11)24(22,23)10-17(3,4)5/h6-9H,10H2,1-5H3,(H,19,20,21). The third-order valence-corrected chi connectivity index (χ3v) is 5.89. The molecule has 2 rings (SSSR count). The van der Waals surface area contributed by atoms with Gasteiger partial charge in [-0.25, -0.2) is 18.4 Å². The van der Waals surface area contributed by atoms with Crippen LogP contribution in [0, 0.1) is 19.3 Å². The fraction of sp³-hybridized carbons (Fsp3) is 0.412. The Hall–Kier alpha value is -1.66. The van der Waals surface area contributed by atoms with Crippen molar-refractivity contribution in [2.75, 3.05) is 11.1 Å². The minimum Gasteiger partial charge on any atom is -0.340 e. The van der Waals surface area contributed by atoms with Gasteiger partial charge < -0.3 is 5.32 Å². The molecule has 1 heterocycles.